The maximum absolute atomic E-state index is 6.41. The minimum Gasteiger partial charge on any atom is -0.388 e. The van der Waals surface area contributed by atoms with Gasteiger partial charge in [0.2, 0.25) is 11.9 Å². The average Bonchev–Trinajstić information content (AvgIpc) is 3.38. The zero-order valence-corrected chi connectivity index (χ0v) is 22.2. The molecule has 1 atom stereocenters. The maximum atomic E-state index is 6.41. The molecule has 0 radical (unpaired) electrons. The highest BCUT2D eigenvalue weighted by molar-refractivity contribution is 6.31. The van der Waals surface area contributed by atoms with E-state index in [0.29, 0.717) is 10.9 Å². The third-order valence-electron chi connectivity index (χ3n) is 7.20. The second-order valence-corrected chi connectivity index (χ2v) is 10.1. The topological polar surface area (TPSA) is 71.6 Å². The zero-order chi connectivity index (χ0) is 26.1. The van der Waals surface area contributed by atoms with Gasteiger partial charge in [-0.2, -0.15) is 5.10 Å². The molecule has 1 saturated carbocycles. The van der Waals surface area contributed by atoms with Crippen LogP contribution < -0.4 is 14.9 Å². The monoisotopic (exact) mass is 525 g/mol. The fourth-order valence-electron chi connectivity index (χ4n) is 4.97. The van der Waals surface area contributed by atoms with Gasteiger partial charge >= 0.3 is 0 Å². The molecule has 3 heterocycles. The van der Waals surface area contributed by atoms with Crippen LogP contribution in [-0.2, 0) is 0 Å². The molecule has 1 aliphatic rings. The number of nitrogens with one attached hydrogen (secondary N) is 2. The van der Waals surface area contributed by atoms with Gasteiger partial charge in [-0.25, -0.2) is 9.67 Å². The van der Waals surface area contributed by atoms with Crippen molar-refractivity contribution in [2.75, 3.05) is 19.5 Å². The number of halogens is 1. The predicted molar refractivity (Wildman–Crippen MR) is 149 cm³/mol. The van der Waals surface area contributed by atoms with E-state index < -0.39 is 0 Å². The molecule has 192 valence electrons. The number of rotatable bonds is 9. The van der Waals surface area contributed by atoms with Crippen molar-refractivity contribution in [3.8, 4) is 28.1 Å². The molecule has 0 spiro atoms. The highest BCUT2D eigenvalue weighted by atomic mass is 35.5. The normalized spacial score (nSPS) is 13.9. The second kappa shape index (κ2) is 10.3. The van der Waals surface area contributed by atoms with E-state index in [1.165, 1.54) is 12.8 Å². The number of H-pyrrole nitrogens is 1. The summed E-state index contributed by atoms with van der Waals surface area (Å²) in [6, 6.07) is 20.4. The van der Waals surface area contributed by atoms with E-state index in [9.17, 15) is 0 Å². The number of pyridine rings is 1. The van der Waals surface area contributed by atoms with Crippen molar-refractivity contribution < 1.29 is 9.57 Å². The first kappa shape index (κ1) is 24.2. The van der Waals surface area contributed by atoms with Crippen LogP contribution in [0, 0.1) is 5.92 Å². The highest BCUT2D eigenvalue weighted by Crippen LogP contribution is 2.41. The van der Waals surface area contributed by atoms with Gasteiger partial charge in [0.05, 0.1) is 23.1 Å². The van der Waals surface area contributed by atoms with Crippen LogP contribution in [0.25, 0.3) is 28.1 Å². The molecule has 1 unspecified atom stereocenters. The lowest BCUT2D eigenvalue weighted by atomic mass is 9.95. The van der Waals surface area contributed by atoms with Gasteiger partial charge < -0.3 is 10.3 Å². The summed E-state index contributed by atoms with van der Waals surface area (Å²) in [6.45, 7) is 0. The molecule has 2 aromatic carbocycles. The van der Waals surface area contributed by atoms with E-state index >= 15 is 0 Å². The SMILES string of the molecule is CNc1ccc(-c2cnc(C(CC3CC3)c3ccc(-c4cc(Cl)ccc4-n4cccn4)c[n+]3OC)[nH]2)cc1. The Bertz CT molecular complexity index is 1540. The fraction of sp³-hybridized carbons (Fsp3) is 0.233. The highest BCUT2D eigenvalue weighted by Gasteiger charge is 2.35. The van der Waals surface area contributed by atoms with Crippen molar-refractivity contribution in [2.24, 2.45) is 5.92 Å². The van der Waals surface area contributed by atoms with Crippen LogP contribution in [-0.4, -0.2) is 33.9 Å². The third-order valence-corrected chi connectivity index (χ3v) is 7.43. The molecule has 0 saturated heterocycles. The Morgan fingerprint density at radius 1 is 1.13 bits per heavy atom. The van der Waals surface area contributed by atoms with E-state index in [1.54, 1.807) is 13.3 Å². The number of imidazole rings is 1. The van der Waals surface area contributed by atoms with Crippen molar-refractivity contribution in [1.29, 1.82) is 0 Å². The molecule has 0 amide bonds. The lowest BCUT2D eigenvalue weighted by Crippen LogP contribution is -2.45. The molecular weight excluding hydrogens is 496 g/mol. The molecule has 38 heavy (non-hydrogen) atoms. The average molecular weight is 526 g/mol. The van der Waals surface area contributed by atoms with E-state index in [0.717, 1.165) is 51.7 Å². The minimum absolute atomic E-state index is 0.0757. The van der Waals surface area contributed by atoms with Gasteiger partial charge in [-0.05, 0) is 60.4 Å². The zero-order valence-electron chi connectivity index (χ0n) is 21.4. The van der Waals surface area contributed by atoms with E-state index in [2.05, 4.69) is 51.8 Å². The van der Waals surface area contributed by atoms with Gasteiger partial charge in [0.15, 0.2) is 0 Å². The van der Waals surface area contributed by atoms with Crippen LogP contribution >= 0.6 is 11.6 Å². The van der Waals surface area contributed by atoms with E-state index in [4.69, 9.17) is 21.4 Å². The van der Waals surface area contributed by atoms with Gasteiger partial charge in [-0.1, -0.05) is 36.6 Å². The first-order valence-corrected chi connectivity index (χ1v) is 13.2. The summed E-state index contributed by atoms with van der Waals surface area (Å²) >= 11 is 6.41. The van der Waals surface area contributed by atoms with Crippen LogP contribution in [0.3, 0.4) is 0 Å². The van der Waals surface area contributed by atoms with Gasteiger partial charge in [0.1, 0.15) is 18.9 Å². The number of nitrogens with zero attached hydrogens (tertiary/aromatic N) is 4. The Morgan fingerprint density at radius 3 is 2.66 bits per heavy atom. The molecule has 6 rings (SSSR count). The largest absolute Gasteiger partial charge is 0.388 e. The third kappa shape index (κ3) is 4.89. The number of aromatic nitrogens is 5. The molecule has 0 aliphatic heterocycles. The van der Waals surface area contributed by atoms with Crippen molar-refractivity contribution in [2.45, 2.75) is 25.2 Å². The number of benzene rings is 2. The predicted octanol–water partition coefficient (Wildman–Crippen LogP) is 5.90. The van der Waals surface area contributed by atoms with E-state index in [-0.39, 0.29) is 5.92 Å². The van der Waals surface area contributed by atoms with Gasteiger partial charge in [-0.3, -0.25) is 4.84 Å². The smallest absolute Gasteiger partial charge is 0.244 e. The second-order valence-electron chi connectivity index (χ2n) is 9.70. The lowest BCUT2D eigenvalue weighted by molar-refractivity contribution is -0.890. The number of hydrogen-bond acceptors (Lipinski definition) is 4. The molecule has 0 bridgehead atoms. The van der Waals surface area contributed by atoms with Gasteiger partial charge in [0, 0.05) is 46.5 Å². The van der Waals surface area contributed by atoms with Gasteiger partial charge in [0.25, 0.3) is 0 Å². The Morgan fingerprint density at radius 2 is 1.95 bits per heavy atom. The summed E-state index contributed by atoms with van der Waals surface area (Å²) in [6.07, 6.45) is 11.2. The number of anilines is 1. The molecule has 3 aromatic heterocycles. The van der Waals surface area contributed by atoms with Crippen molar-refractivity contribution in [3.05, 3.63) is 102 Å². The molecule has 5 aromatic rings. The van der Waals surface area contributed by atoms with Crippen molar-refractivity contribution in [3.63, 3.8) is 0 Å². The number of aromatic amines is 1. The van der Waals surface area contributed by atoms with Crippen molar-refractivity contribution >= 4 is 17.3 Å². The molecule has 8 heteroatoms. The minimum atomic E-state index is 0.0757. The van der Waals surface area contributed by atoms with Crippen molar-refractivity contribution in [1.82, 2.24) is 19.7 Å². The Kier molecular flexibility index (Phi) is 6.60. The van der Waals surface area contributed by atoms with E-state index in [1.807, 2.05) is 59.3 Å². The summed E-state index contributed by atoms with van der Waals surface area (Å²) in [5, 5.41) is 8.26. The molecule has 1 aliphatic carbocycles. The molecule has 7 nitrogen and oxygen atoms in total. The Hall–Kier alpha value is -4.10. The molecule has 2 N–H and O–H groups in total. The molecule has 1 fully saturated rings. The Labute approximate surface area is 227 Å². The summed E-state index contributed by atoms with van der Waals surface area (Å²) in [5.41, 5.74) is 7.15. The standard InChI is InChI=1S/C30H30ClN6O/c1-32-24-10-6-21(7-11-24)27-18-33-30(35-27)26(16-20-4-5-20)29-12-8-22(19-37(29)38-2)25-17-23(31)9-13-28(25)36-15-3-14-34-36/h3,6-15,17-20,26,32H,4-5,16H2,1-2H3,(H,33,35)/q+1. The first-order valence-electron chi connectivity index (χ1n) is 12.9. The quantitative estimate of drug-likeness (QED) is 0.235. The van der Waals surface area contributed by atoms with Crippen LogP contribution in [0.2, 0.25) is 5.02 Å². The first-order chi connectivity index (χ1) is 18.6. The van der Waals surface area contributed by atoms with Crippen LogP contribution in [0.15, 0.2) is 85.5 Å². The van der Waals surface area contributed by atoms with Gasteiger partial charge in [-0.15, -0.1) is 0 Å². The summed E-state index contributed by atoms with van der Waals surface area (Å²) < 4.78 is 3.71. The Balaban J connectivity index is 1.38. The summed E-state index contributed by atoms with van der Waals surface area (Å²) in [5.74, 6) is 1.72. The summed E-state index contributed by atoms with van der Waals surface area (Å²) in [4.78, 5) is 14.3. The molecular formula is C30H30ClN6O+. The summed E-state index contributed by atoms with van der Waals surface area (Å²) in [7, 11) is 3.62. The number of hydrogen-bond donors (Lipinski definition) is 2. The maximum Gasteiger partial charge on any atom is 0.244 e. The van der Waals surface area contributed by atoms with Crippen LogP contribution in [0.4, 0.5) is 5.69 Å². The van der Waals surface area contributed by atoms with Crippen LogP contribution in [0.5, 0.6) is 0 Å². The lowest BCUT2D eigenvalue weighted by Gasteiger charge is -2.14. The van der Waals surface area contributed by atoms with Crippen LogP contribution in [0.1, 0.15) is 36.7 Å². The fourth-order valence-corrected chi connectivity index (χ4v) is 5.14.